The highest BCUT2D eigenvalue weighted by atomic mass is 35.5. The maximum absolute atomic E-state index is 13.2. The van der Waals surface area contributed by atoms with Gasteiger partial charge in [0.25, 0.3) is 0 Å². The molecule has 0 saturated carbocycles. The van der Waals surface area contributed by atoms with Crippen LogP contribution in [0, 0.1) is 6.92 Å². The van der Waals surface area contributed by atoms with Gasteiger partial charge in [-0.25, -0.2) is 8.42 Å². The van der Waals surface area contributed by atoms with E-state index in [9.17, 15) is 8.42 Å². The molecule has 0 radical (unpaired) electrons. The van der Waals surface area contributed by atoms with Crippen molar-refractivity contribution in [3.63, 3.8) is 0 Å². The molecule has 146 valence electrons. The summed E-state index contributed by atoms with van der Waals surface area (Å²) in [5, 5.41) is 1.02. The predicted octanol–water partition coefficient (Wildman–Crippen LogP) is 4.94. The van der Waals surface area contributed by atoms with Crippen molar-refractivity contribution in [3.8, 4) is 0 Å². The molecule has 2 aromatic carbocycles. The van der Waals surface area contributed by atoms with Crippen LogP contribution in [-0.4, -0.2) is 38.9 Å². The Morgan fingerprint density at radius 2 is 1.59 bits per heavy atom. The van der Waals surface area contributed by atoms with E-state index in [0.717, 1.165) is 16.8 Å². The molecule has 1 aliphatic rings. The van der Waals surface area contributed by atoms with Crippen LogP contribution >= 0.6 is 23.2 Å². The van der Waals surface area contributed by atoms with Crippen molar-refractivity contribution < 1.29 is 8.42 Å². The molecule has 0 amide bonds. The van der Waals surface area contributed by atoms with Crippen molar-refractivity contribution in [2.45, 2.75) is 31.6 Å². The van der Waals surface area contributed by atoms with E-state index < -0.39 is 10.0 Å². The average Bonchev–Trinajstić information content (AvgIpc) is 2.64. The van der Waals surface area contributed by atoms with Crippen molar-refractivity contribution in [3.05, 3.63) is 57.6 Å². The lowest BCUT2D eigenvalue weighted by molar-refractivity contribution is 0.384. The first-order valence-corrected chi connectivity index (χ1v) is 11.2. The lowest BCUT2D eigenvalue weighted by Gasteiger charge is -2.35. The van der Waals surface area contributed by atoms with Gasteiger partial charge in [-0.1, -0.05) is 49.2 Å². The smallest absolute Gasteiger partial charge is 0.243 e. The molecule has 27 heavy (non-hydrogen) atoms. The van der Waals surface area contributed by atoms with Gasteiger partial charge in [0.2, 0.25) is 10.0 Å². The molecule has 1 fully saturated rings. The third-order valence-corrected chi connectivity index (χ3v) is 7.78. The zero-order valence-corrected chi connectivity index (χ0v) is 18.1. The van der Waals surface area contributed by atoms with Gasteiger partial charge in [-0.15, -0.1) is 0 Å². The Bertz CT molecular complexity index is 937. The summed E-state index contributed by atoms with van der Waals surface area (Å²) in [5.41, 5.74) is 2.78. The van der Waals surface area contributed by atoms with Crippen molar-refractivity contribution in [1.82, 2.24) is 4.31 Å². The quantitative estimate of drug-likeness (QED) is 0.694. The summed E-state index contributed by atoms with van der Waals surface area (Å²) in [6, 6.07) is 11.2. The Morgan fingerprint density at radius 3 is 2.19 bits per heavy atom. The second kappa shape index (κ2) is 8.00. The summed E-state index contributed by atoms with van der Waals surface area (Å²) in [5.74, 6) is 0.283. The van der Waals surface area contributed by atoms with E-state index in [1.54, 1.807) is 10.4 Å². The van der Waals surface area contributed by atoms with Crippen LogP contribution in [0.1, 0.15) is 30.9 Å². The lowest BCUT2D eigenvalue weighted by atomic mass is 10.0. The Balaban J connectivity index is 1.79. The molecule has 1 saturated heterocycles. The van der Waals surface area contributed by atoms with Crippen molar-refractivity contribution in [2.75, 3.05) is 31.1 Å². The first kappa shape index (κ1) is 20.5. The van der Waals surface area contributed by atoms with Gasteiger partial charge in [0.05, 0.1) is 14.9 Å². The molecule has 1 aliphatic heterocycles. The Kier molecular flexibility index (Phi) is 6.06. The third kappa shape index (κ3) is 4.27. The number of hydrogen-bond acceptors (Lipinski definition) is 3. The summed E-state index contributed by atoms with van der Waals surface area (Å²) < 4.78 is 28.0. The normalized spacial score (nSPS) is 16.1. The summed E-state index contributed by atoms with van der Waals surface area (Å²) in [6.45, 7) is 8.08. The number of benzene rings is 2. The summed E-state index contributed by atoms with van der Waals surface area (Å²) >= 11 is 12.1. The number of nitrogens with zero attached hydrogens (tertiary/aromatic N) is 2. The summed E-state index contributed by atoms with van der Waals surface area (Å²) in [6.07, 6.45) is 0. The number of sulfonamides is 1. The minimum absolute atomic E-state index is 0.283. The van der Waals surface area contributed by atoms with Crippen LogP contribution in [0.25, 0.3) is 0 Å². The number of halogens is 2. The fraction of sp³-hybridized carbons (Fsp3) is 0.400. The fourth-order valence-corrected chi connectivity index (χ4v) is 5.24. The van der Waals surface area contributed by atoms with Crippen molar-refractivity contribution in [1.29, 1.82) is 0 Å². The fourth-order valence-electron chi connectivity index (χ4n) is 3.26. The van der Waals surface area contributed by atoms with Crippen LogP contribution in [0.2, 0.25) is 10.0 Å². The van der Waals surface area contributed by atoms with Gasteiger partial charge in [-0.3, -0.25) is 0 Å². The third-order valence-electron chi connectivity index (χ3n) is 5.00. The molecule has 0 spiro atoms. The van der Waals surface area contributed by atoms with Crippen LogP contribution < -0.4 is 4.90 Å². The van der Waals surface area contributed by atoms with E-state index in [-0.39, 0.29) is 5.92 Å². The Labute approximate surface area is 171 Å². The monoisotopic (exact) mass is 426 g/mol. The topological polar surface area (TPSA) is 40.6 Å². The van der Waals surface area contributed by atoms with Gasteiger partial charge in [-0.2, -0.15) is 4.31 Å². The zero-order valence-electron chi connectivity index (χ0n) is 15.7. The molecule has 3 rings (SSSR count). The minimum atomic E-state index is -3.51. The van der Waals surface area contributed by atoms with E-state index in [0.29, 0.717) is 41.1 Å². The molecule has 2 aromatic rings. The highest BCUT2D eigenvalue weighted by Gasteiger charge is 2.30. The SMILES string of the molecule is Cc1ccc(C(C)C)cc1S(=O)(=O)N1CCN(c2ccc(Cl)c(Cl)c2)CC1. The van der Waals surface area contributed by atoms with Crippen molar-refractivity contribution >= 4 is 38.9 Å². The van der Waals surface area contributed by atoms with E-state index in [2.05, 4.69) is 18.7 Å². The van der Waals surface area contributed by atoms with Crippen molar-refractivity contribution in [2.24, 2.45) is 0 Å². The number of anilines is 1. The predicted molar refractivity (Wildman–Crippen MR) is 113 cm³/mol. The van der Waals surface area contributed by atoms with Crippen LogP contribution in [-0.2, 0) is 10.0 Å². The summed E-state index contributed by atoms with van der Waals surface area (Å²) in [7, 11) is -3.51. The molecular formula is C20H24Cl2N2O2S. The second-order valence-electron chi connectivity index (χ2n) is 7.17. The van der Waals surface area contributed by atoms with E-state index >= 15 is 0 Å². The highest BCUT2D eigenvalue weighted by molar-refractivity contribution is 7.89. The molecular weight excluding hydrogens is 403 g/mol. The number of rotatable bonds is 4. The Morgan fingerprint density at radius 1 is 0.926 bits per heavy atom. The molecule has 0 N–H and O–H groups in total. The van der Waals surface area contributed by atoms with Crippen LogP contribution in [0.3, 0.4) is 0 Å². The minimum Gasteiger partial charge on any atom is -0.369 e. The molecule has 0 atom stereocenters. The lowest BCUT2D eigenvalue weighted by Crippen LogP contribution is -2.48. The molecule has 4 nitrogen and oxygen atoms in total. The van der Waals surface area contributed by atoms with Gasteiger partial charge in [0.15, 0.2) is 0 Å². The first-order valence-electron chi connectivity index (χ1n) is 9.01. The maximum atomic E-state index is 13.2. The number of aryl methyl sites for hydroxylation is 1. The highest BCUT2D eigenvalue weighted by Crippen LogP contribution is 2.29. The maximum Gasteiger partial charge on any atom is 0.243 e. The van der Waals surface area contributed by atoms with E-state index in [1.807, 2.05) is 37.3 Å². The largest absolute Gasteiger partial charge is 0.369 e. The average molecular weight is 427 g/mol. The van der Waals surface area contributed by atoms with Gasteiger partial charge >= 0.3 is 0 Å². The molecule has 1 heterocycles. The zero-order chi connectivity index (χ0) is 19.8. The van der Waals surface area contributed by atoms with Gasteiger partial charge in [0.1, 0.15) is 0 Å². The van der Waals surface area contributed by atoms with Crippen LogP contribution in [0.5, 0.6) is 0 Å². The molecule has 0 aliphatic carbocycles. The number of hydrogen-bond donors (Lipinski definition) is 0. The van der Waals surface area contributed by atoms with Gasteiger partial charge in [-0.05, 0) is 48.2 Å². The molecule has 0 bridgehead atoms. The van der Waals surface area contributed by atoms with Crippen LogP contribution in [0.4, 0.5) is 5.69 Å². The molecule has 0 aromatic heterocycles. The molecule has 7 heteroatoms. The van der Waals surface area contributed by atoms with E-state index in [4.69, 9.17) is 23.2 Å². The number of piperazine rings is 1. The van der Waals surface area contributed by atoms with Crippen LogP contribution in [0.15, 0.2) is 41.3 Å². The van der Waals surface area contributed by atoms with Gasteiger partial charge in [0, 0.05) is 31.9 Å². The summed E-state index contributed by atoms with van der Waals surface area (Å²) in [4.78, 5) is 2.54. The first-order chi connectivity index (χ1) is 12.7. The Hall–Kier alpha value is -1.27. The molecule has 0 unspecified atom stereocenters. The van der Waals surface area contributed by atoms with Gasteiger partial charge < -0.3 is 4.90 Å². The van der Waals surface area contributed by atoms with E-state index in [1.165, 1.54) is 0 Å². The second-order valence-corrected chi connectivity index (χ2v) is 9.89. The standard InChI is InChI=1S/C20H24Cl2N2O2S/c1-14(2)16-5-4-15(3)20(12-16)27(25,26)24-10-8-23(9-11-24)17-6-7-18(21)19(22)13-17/h4-7,12-14H,8-11H2,1-3H3.